The van der Waals surface area contributed by atoms with Crippen molar-refractivity contribution in [1.82, 2.24) is 9.62 Å². The van der Waals surface area contributed by atoms with Crippen LogP contribution >= 0.6 is 0 Å². The van der Waals surface area contributed by atoms with Crippen LogP contribution in [0.1, 0.15) is 12.5 Å². The van der Waals surface area contributed by atoms with Crippen LogP contribution in [-0.4, -0.2) is 51.4 Å². The van der Waals surface area contributed by atoms with Crippen LogP contribution in [0, 0.1) is 12.7 Å². The molecule has 28 heavy (non-hydrogen) atoms. The number of hydrogen-bond donors (Lipinski definition) is 1. The second-order valence-corrected chi connectivity index (χ2v) is 8.62. The van der Waals surface area contributed by atoms with E-state index >= 15 is 0 Å². The van der Waals surface area contributed by atoms with E-state index in [4.69, 9.17) is 0 Å². The minimum absolute atomic E-state index is 0.0584. The Bertz CT molecular complexity index is 939. The number of benzene rings is 2. The average molecular weight is 405 g/mol. The Kier molecular flexibility index (Phi) is 6.00. The van der Waals surface area contributed by atoms with Crippen LogP contribution in [0.2, 0.25) is 0 Å². The van der Waals surface area contributed by atoms with Crippen molar-refractivity contribution in [3.63, 3.8) is 0 Å². The highest BCUT2D eigenvalue weighted by Gasteiger charge is 2.29. The van der Waals surface area contributed by atoms with E-state index in [9.17, 15) is 17.6 Å². The number of amides is 1. The molecule has 2 aromatic carbocycles. The van der Waals surface area contributed by atoms with Gasteiger partial charge in [0.15, 0.2) is 0 Å². The van der Waals surface area contributed by atoms with Crippen LogP contribution in [0.25, 0.3) is 0 Å². The summed E-state index contributed by atoms with van der Waals surface area (Å²) in [5.41, 5.74) is 1.48. The number of nitrogens with one attached hydrogen (secondary N) is 1. The molecule has 1 N–H and O–H groups in total. The van der Waals surface area contributed by atoms with Gasteiger partial charge in [-0.25, -0.2) is 17.5 Å². The first-order chi connectivity index (χ1) is 13.3. The third-order valence-corrected chi connectivity index (χ3v) is 6.36. The number of aryl methyl sites for hydroxylation is 1. The topological polar surface area (TPSA) is 69.7 Å². The number of rotatable bonds is 5. The fourth-order valence-electron chi connectivity index (χ4n) is 3.22. The monoisotopic (exact) mass is 405 g/mol. The molecule has 3 rings (SSSR count). The number of anilines is 1. The highest BCUT2D eigenvalue weighted by atomic mass is 32.2. The van der Waals surface area contributed by atoms with Crippen molar-refractivity contribution in [1.29, 1.82) is 0 Å². The molecular weight excluding hydrogens is 381 g/mol. The number of carbonyl (C=O) groups is 1. The van der Waals surface area contributed by atoms with Gasteiger partial charge in [-0.1, -0.05) is 29.8 Å². The summed E-state index contributed by atoms with van der Waals surface area (Å²) in [5, 5.41) is 0. The molecule has 1 atom stereocenters. The largest absolute Gasteiger partial charge is 0.367 e. The van der Waals surface area contributed by atoms with Gasteiger partial charge >= 0.3 is 0 Å². The molecule has 1 fully saturated rings. The lowest BCUT2D eigenvalue weighted by Gasteiger charge is -2.38. The maximum Gasteiger partial charge on any atom is 0.264 e. The van der Waals surface area contributed by atoms with Crippen molar-refractivity contribution in [3.05, 3.63) is 59.9 Å². The highest BCUT2D eigenvalue weighted by molar-refractivity contribution is 7.90. The normalized spacial score (nSPS) is 16.6. The molecule has 0 aliphatic carbocycles. The summed E-state index contributed by atoms with van der Waals surface area (Å²) >= 11 is 0. The molecule has 1 saturated heterocycles. The van der Waals surface area contributed by atoms with Gasteiger partial charge in [0.25, 0.3) is 15.9 Å². The summed E-state index contributed by atoms with van der Waals surface area (Å²) in [4.78, 5) is 16.4. The molecule has 0 radical (unpaired) electrons. The molecular formula is C20H24FN3O3S. The zero-order chi connectivity index (χ0) is 20.3. The number of nitrogens with zero attached hydrogens (tertiary/aromatic N) is 2. The van der Waals surface area contributed by atoms with Gasteiger partial charge in [0.05, 0.1) is 16.6 Å². The Morgan fingerprint density at radius 3 is 2.25 bits per heavy atom. The fourth-order valence-corrected chi connectivity index (χ4v) is 4.27. The number of halogens is 1. The predicted molar refractivity (Wildman–Crippen MR) is 106 cm³/mol. The lowest BCUT2D eigenvalue weighted by atomic mass is 10.2. The maximum atomic E-state index is 13.9. The molecule has 1 aliphatic heterocycles. The molecule has 1 amide bonds. The zero-order valence-corrected chi connectivity index (χ0v) is 16.7. The third kappa shape index (κ3) is 4.51. The average Bonchev–Trinajstić information content (AvgIpc) is 2.68. The first-order valence-electron chi connectivity index (χ1n) is 9.15. The molecule has 1 heterocycles. The molecule has 0 aromatic heterocycles. The van der Waals surface area contributed by atoms with Gasteiger partial charge < -0.3 is 4.90 Å². The molecule has 8 heteroatoms. The lowest BCUT2D eigenvalue weighted by Crippen LogP contribution is -2.54. The van der Waals surface area contributed by atoms with Gasteiger partial charge in [-0.05, 0) is 38.1 Å². The van der Waals surface area contributed by atoms with Crippen molar-refractivity contribution in [3.8, 4) is 0 Å². The molecule has 1 unspecified atom stereocenters. The van der Waals surface area contributed by atoms with Gasteiger partial charge in [-0.3, -0.25) is 9.69 Å². The van der Waals surface area contributed by atoms with Crippen LogP contribution in [-0.2, 0) is 14.8 Å². The van der Waals surface area contributed by atoms with E-state index in [1.165, 1.54) is 18.2 Å². The van der Waals surface area contributed by atoms with Crippen LogP contribution in [0.15, 0.2) is 53.4 Å². The minimum atomic E-state index is -3.91. The lowest BCUT2D eigenvalue weighted by molar-refractivity contribution is -0.124. The molecule has 1 aliphatic rings. The smallest absolute Gasteiger partial charge is 0.264 e. The van der Waals surface area contributed by atoms with Gasteiger partial charge in [0.1, 0.15) is 5.82 Å². The van der Waals surface area contributed by atoms with E-state index in [-0.39, 0.29) is 10.7 Å². The van der Waals surface area contributed by atoms with E-state index in [0.29, 0.717) is 31.9 Å². The highest BCUT2D eigenvalue weighted by Crippen LogP contribution is 2.21. The first-order valence-corrected chi connectivity index (χ1v) is 10.6. The molecule has 0 bridgehead atoms. The summed E-state index contributed by atoms with van der Waals surface area (Å²) in [6.07, 6.45) is 0. The second-order valence-electron chi connectivity index (χ2n) is 6.93. The van der Waals surface area contributed by atoms with E-state index in [2.05, 4.69) is 4.72 Å². The van der Waals surface area contributed by atoms with Crippen molar-refractivity contribution in [2.75, 3.05) is 31.1 Å². The van der Waals surface area contributed by atoms with E-state index < -0.39 is 22.0 Å². The van der Waals surface area contributed by atoms with E-state index in [1.54, 1.807) is 37.3 Å². The van der Waals surface area contributed by atoms with E-state index in [0.717, 1.165) is 5.56 Å². The van der Waals surface area contributed by atoms with Crippen LogP contribution < -0.4 is 9.62 Å². The van der Waals surface area contributed by atoms with Gasteiger partial charge in [0, 0.05) is 26.2 Å². The Labute approximate surface area is 165 Å². The van der Waals surface area contributed by atoms with Gasteiger partial charge in [-0.2, -0.15) is 0 Å². The van der Waals surface area contributed by atoms with E-state index in [1.807, 2.05) is 16.7 Å². The molecule has 2 aromatic rings. The number of carbonyl (C=O) groups excluding carboxylic acids is 1. The zero-order valence-electron chi connectivity index (χ0n) is 15.9. The van der Waals surface area contributed by atoms with Gasteiger partial charge in [0.2, 0.25) is 0 Å². The van der Waals surface area contributed by atoms with Crippen molar-refractivity contribution in [2.24, 2.45) is 0 Å². The van der Waals surface area contributed by atoms with Crippen LogP contribution in [0.5, 0.6) is 0 Å². The Balaban J connectivity index is 1.60. The predicted octanol–water partition coefficient (Wildman–Crippen LogP) is 2.15. The van der Waals surface area contributed by atoms with Crippen molar-refractivity contribution < 1.29 is 17.6 Å². The summed E-state index contributed by atoms with van der Waals surface area (Å²) < 4.78 is 40.9. The first kappa shape index (κ1) is 20.3. The molecule has 0 saturated carbocycles. The second kappa shape index (κ2) is 8.28. The Morgan fingerprint density at radius 1 is 1.04 bits per heavy atom. The number of piperazine rings is 1. The number of hydrogen-bond acceptors (Lipinski definition) is 5. The van der Waals surface area contributed by atoms with Crippen molar-refractivity contribution in [2.45, 2.75) is 24.8 Å². The minimum Gasteiger partial charge on any atom is -0.367 e. The standard InChI is InChI=1S/C20H24FN3O3S/c1-15-7-9-17(10-8-15)28(26,27)22-20(25)16(2)23-11-13-24(14-12-23)19-6-4-3-5-18(19)21/h3-10,16H,11-14H2,1-2H3,(H,22,25). The number of sulfonamides is 1. The SMILES string of the molecule is Cc1ccc(S(=O)(=O)NC(=O)C(C)N2CCN(c3ccccc3F)CC2)cc1. The Hall–Kier alpha value is -2.45. The fraction of sp³-hybridized carbons (Fsp3) is 0.350. The Morgan fingerprint density at radius 2 is 1.64 bits per heavy atom. The van der Waals surface area contributed by atoms with Crippen molar-refractivity contribution >= 4 is 21.6 Å². The van der Waals surface area contributed by atoms with Crippen LogP contribution in [0.3, 0.4) is 0 Å². The number of para-hydroxylation sites is 1. The quantitative estimate of drug-likeness (QED) is 0.826. The van der Waals surface area contributed by atoms with Crippen LogP contribution in [0.4, 0.5) is 10.1 Å². The van der Waals surface area contributed by atoms with Gasteiger partial charge in [-0.15, -0.1) is 0 Å². The summed E-state index contributed by atoms with van der Waals surface area (Å²) in [5.74, 6) is -0.842. The molecule has 0 spiro atoms. The summed E-state index contributed by atoms with van der Waals surface area (Å²) in [6, 6.07) is 12.3. The molecule has 150 valence electrons. The summed E-state index contributed by atoms with van der Waals surface area (Å²) in [7, 11) is -3.91. The summed E-state index contributed by atoms with van der Waals surface area (Å²) in [6.45, 7) is 5.73. The molecule has 6 nitrogen and oxygen atoms in total. The maximum absolute atomic E-state index is 13.9. The third-order valence-electron chi connectivity index (χ3n) is 5.00.